The van der Waals surface area contributed by atoms with Gasteiger partial charge in [-0.2, -0.15) is 0 Å². The van der Waals surface area contributed by atoms with Crippen LogP contribution < -0.4 is 5.73 Å². The number of pyridine rings is 1. The standard InChI is InChI=1S/C15H20N2S/c1-10(2)11(3)18-15-8-12(9-16)13-6-4-5-7-14(13)17-15/h4-8,10-11H,9,16H2,1-3H3. The summed E-state index contributed by atoms with van der Waals surface area (Å²) in [4.78, 5) is 4.71. The van der Waals surface area contributed by atoms with Gasteiger partial charge < -0.3 is 5.73 Å². The number of thioether (sulfide) groups is 1. The zero-order chi connectivity index (χ0) is 13.1. The lowest BCUT2D eigenvalue weighted by atomic mass is 10.1. The monoisotopic (exact) mass is 260 g/mol. The molecule has 0 aliphatic heterocycles. The molecule has 0 amide bonds. The van der Waals surface area contributed by atoms with Crippen LogP contribution in [0.4, 0.5) is 0 Å². The number of rotatable bonds is 4. The van der Waals surface area contributed by atoms with Crippen molar-refractivity contribution in [1.82, 2.24) is 4.98 Å². The summed E-state index contributed by atoms with van der Waals surface area (Å²) in [6, 6.07) is 10.3. The highest BCUT2D eigenvalue weighted by molar-refractivity contribution is 7.99. The lowest BCUT2D eigenvalue weighted by Gasteiger charge is -2.15. The minimum absolute atomic E-state index is 0.560. The minimum Gasteiger partial charge on any atom is -0.326 e. The molecule has 0 radical (unpaired) electrons. The van der Waals surface area contributed by atoms with E-state index in [4.69, 9.17) is 10.7 Å². The van der Waals surface area contributed by atoms with Gasteiger partial charge in [-0.1, -0.05) is 39.0 Å². The second-order valence-corrected chi connectivity index (χ2v) is 6.31. The molecule has 0 saturated carbocycles. The third kappa shape index (κ3) is 2.85. The van der Waals surface area contributed by atoms with Gasteiger partial charge >= 0.3 is 0 Å². The molecule has 2 nitrogen and oxygen atoms in total. The highest BCUT2D eigenvalue weighted by Crippen LogP contribution is 2.29. The SMILES string of the molecule is CC(C)C(C)Sc1cc(CN)c2ccccc2n1. The molecule has 1 heterocycles. The molecule has 2 rings (SSSR count). The fourth-order valence-electron chi connectivity index (χ4n) is 1.78. The molecule has 0 spiro atoms. The van der Waals surface area contributed by atoms with Gasteiger partial charge in [0.05, 0.1) is 10.5 Å². The maximum atomic E-state index is 5.84. The number of nitrogens with zero attached hydrogens (tertiary/aromatic N) is 1. The number of para-hydroxylation sites is 1. The van der Waals surface area contributed by atoms with Crippen LogP contribution >= 0.6 is 11.8 Å². The lowest BCUT2D eigenvalue weighted by Crippen LogP contribution is -2.06. The largest absolute Gasteiger partial charge is 0.326 e. The zero-order valence-corrected chi connectivity index (χ0v) is 12.0. The van der Waals surface area contributed by atoms with E-state index in [-0.39, 0.29) is 0 Å². The topological polar surface area (TPSA) is 38.9 Å². The Morgan fingerprint density at radius 2 is 1.94 bits per heavy atom. The van der Waals surface area contributed by atoms with Crippen LogP contribution in [0.25, 0.3) is 10.9 Å². The maximum Gasteiger partial charge on any atom is 0.0973 e. The van der Waals surface area contributed by atoms with E-state index in [0.29, 0.717) is 17.7 Å². The quantitative estimate of drug-likeness (QED) is 0.849. The van der Waals surface area contributed by atoms with Crippen LogP contribution in [0.15, 0.2) is 35.4 Å². The molecule has 0 bridgehead atoms. The smallest absolute Gasteiger partial charge is 0.0973 e. The van der Waals surface area contributed by atoms with E-state index in [1.54, 1.807) is 0 Å². The van der Waals surface area contributed by atoms with Crippen molar-refractivity contribution in [3.8, 4) is 0 Å². The van der Waals surface area contributed by atoms with Gasteiger partial charge in [0.1, 0.15) is 0 Å². The molecular formula is C15H20N2S. The first-order valence-corrected chi connectivity index (χ1v) is 7.25. The molecule has 1 aromatic heterocycles. The van der Waals surface area contributed by atoms with Gasteiger partial charge in [-0.05, 0) is 23.6 Å². The highest BCUT2D eigenvalue weighted by Gasteiger charge is 2.11. The fraction of sp³-hybridized carbons (Fsp3) is 0.400. The Morgan fingerprint density at radius 3 is 2.61 bits per heavy atom. The van der Waals surface area contributed by atoms with Crippen LogP contribution in [0, 0.1) is 5.92 Å². The molecule has 3 heteroatoms. The summed E-state index contributed by atoms with van der Waals surface area (Å²) in [7, 11) is 0. The van der Waals surface area contributed by atoms with Crippen molar-refractivity contribution in [2.75, 3.05) is 0 Å². The van der Waals surface area contributed by atoms with E-state index >= 15 is 0 Å². The summed E-state index contributed by atoms with van der Waals surface area (Å²) in [5, 5.41) is 2.81. The number of aromatic nitrogens is 1. The predicted octanol–water partition coefficient (Wildman–Crippen LogP) is 3.83. The van der Waals surface area contributed by atoms with Crippen molar-refractivity contribution < 1.29 is 0 Å². The van der Waals surface area contributed by atoms with E-state index in [0.717, 1.165) is 10.5 Å². The maximum absolute atomic E-state index is 5.84. The molecule has 0 saturated heterocycles. The number of nitrogens with two attached hydrogens (primary N) is 1. The lowest BCUT2D eigenvalue weighted by molar-refractivity contribution is 0.641. The summed E-state index contributed by atoms with van der Waals surface area (Å²) in [5.74, 6) is 0.643. The first-order valence-electron chi connectivity index (χ1n) is 6.37. The molecule has 18 heavy (non-hydrogen) atoms. The van der Waals surface area contributed by atoms with Gasteiger partial charge in [-0.25, -0.2) is 4.98 Å². The fourth-order valence-corrected chi connectivity index (χ4v) is 2.79. The van der Waals surface area contributed by atoms with Gasteiger partial charge in [0.15, 0.2) is 0 Å². The second-order valence-electron chi connectivity index (χ2n) is 4.91. The first-order chi connectivity index (χ1) is 8.61. The molecule has 1 aromatic carbocycles. The van der Waals surface area contributed by atoms with Crippen molar-refractivity contribution in [3.05, 3.63) is 35.9 Å². The van der Waals surface area contributed by atoms with E-state index < -0.39 is 0 Å². The summed E-state index contributed by atoms with van der Waals surface area (Å²) in [5.41, 5.74) is 8.06. The molecule has 2 N–H and O–H groups in total. The Kier molecular flexibility index (Phi) is 4.25. The third-order valence-corrected chi connectivity index (χ3v) is 4.61. The Labute approximate surface area is 113 Å². The number of hydrogen-bond donors (Lipinski definition) is 1. The zero-order valence-electron chi connectivity index (χ0n) is 11.2. The van der Waals surface area contributed by atoms with Gasteiger partial charge in [0.2, 0.25) is 0 Å². The van der Waals surface area contributed by atoms with Crippen LogP contribution in [0.3, 0.4) is 0 Å². The van der Waals surface area contributed by atoms with Gasteiger partial charge in [-0.15, -0.1) is 11.8 Å². The summed E-state index contributed by atoms with van der Waals surface area (Å²) in [6.07, 6.45) is 0. The molecular weight excluding hydrogens is 240 g/mol. The first kappa shape index (κ1) is 13.4. The molecule has 0 fully saturated rings. The summed E-state index contributed by atoms with van der Waals surface area (Å²) in [6.45, 7) is 7.28. The molecule has 2 aromatic rings. The van der Waals surface area contributed by atoms with Crippen LogP contribution in [0.1, 0.15) is 26.3 Å². The Morgan fingerprint density at radius 1 is 1.22 bits per heavy atom. The number of benzene rings is 1. The van der Waals surface area contributed by atoms with E-state index in [2.05, 4.69) is 39.0 Å². The Hall–Kier alpha value is -1.06. The van der Waals surface area contributed by atoms with Crippen molar-refractivity contribution in [3.63, 3.8) is 0 Å². The average Bonchev–Trinajstić information content (AvgIpc) is 2.37. The van der Waals surface area contributed by atoms with Crippen LogP contribution in [-0.4, -0.2) is 10.2 Å². The molecule has 1 unspecified atom stereocenters. The van der Waals surface area contributed by atoms with E-state index in [1.807, 2.05) is 23.9 Å². The average molecular weight is 260 g/mol. The van der Waals surface area contributed by atoms with E-state index in [9.17, 15) is 0 Å². The van der Waals surface area contributed by atoms with Crippen molar-refractivity contribution >= 4 is 22.7 Å². The molecule has 0 aliphatic rings. The Balaban J connectivity index is 2.41. The number of hydrogen-bond acceptors (Lipinski definition) is 3. The van der Waals surface area contributed by atoms with Gasteiger partial charge in [0.25, 0.3) is 0 Å². The van der Waals surface area contributed by atoms with Crippen LogP contribution in [-0.2, 0) is 6.54 Å². The van der Waals surface area contributed by atoms with Crippen LogP contribution in [0.2, 0.25) is 0 Å². The molecule has 96 valence electrons. The highest BCUT2D eigenvalue weighted by atomic mass is 32.2. The number of fused-ring (bicyclic) bond motifs is 1. The normalized spacial score (nSPS) is 13.2. The van der Waals surface area contributed by atoms with Crippen molar-refractivity contribution in [2.24, 2.45) is 11.7 Å². The van der Waals surface area contributed by atoms with Gasteiger partial charge in [-0.3, -0.25) is 0 Å². The summed E-state index contributed by atoms with van der Waals surface area (Å²) >= 11 is 1.83. The van der Waals surface area contributed by atoms with E-state index in [1.165, 1.54) is 10.9 Å². The van der Waals surface area contributed by atoms with Gasteiger partial charge in [0, 0.05) is 17.2 Å². The summed E-state index contributed by atoms with van der Waals surface area (Å²) < 4.78 is 0. The van der Waals surface area contributed by atoms with Crippen LogP contribution in [0.5, 0.6) is 0 Å². The second kappa shape index (κ2) is 5.72. The third-order valence-electron chi connectivity index (χ3n) is 3.24. The Bertz CT molecular complexity index is 537. The van der Waals surface area contributed by atoms with Crippen molar-refractivity contribution in [2.45, 2.75) is 37.6 Å². The minimum atomic E-state index is 0.560. The van der Waals surface area contributed by atoms with Crippen molar-refractivity contribution in [1.29, 1.82) is 0 Å². The molecule has 0 aliphatic carbocycles. The predicted molar refractivity (Wildman–Crippen MR) is 79.8 cm³/mol. The molecule has 1 atom stereocenters.